The van der Waals surface area contributed by atoms with Crippen molar-refractivity contribution in [1.82, 2.24) is 4.67 Å². The van der Waals surface area contributed by atoms with Crippen LogP contribution in [0, 0.1) is 0 Å². The maximum Gasteiger partial charge on any atom is 0.278 e. The highest BCUT2D eigenvalue weighted by Gasteiger charge is 2.55. The predicted octanol–water partition coefficient (Wildman–Crippen LogP) is 6.99. The second-order valence-electron chi connectivity index (χ2n) is 8.59. The van der Waals surface area contributed by atoms with Crippen molar-refractivity contribution in [2.45, 2.75) is 44.6 Å². The molecule has 150 valence electrons. The zero-order chi connectivity index (χ0) is 20.5. The summed E-state index contributed by atoms with van der Waals surface area (Å²) in [5.41, 5.74) is 2.89. The maximum atomic E-state index is 14.4. The van der Waals surface area contributed by atoms with Gasteiger partial charge in [0, 0.05) is 5.54 Å². The van der Waals surface area contributed by atoms with Crippen LogP contribution in [0.1, 0.15) is 49.6 Å². The zero-order valence-corrected chi connectivity index (χ0v) is 18.1. The van der Waals surface area contributed by atoms with Crippen LogP contribution in [0.4, 0.5) is 0 Å². The number of hydrogen-bond donors (Lipinski definition) is 0. The first-order valence-electron chi connectivity index (χ1n) is 10.1. The largest absolute Gasteiger partial charge is 0.307 e. The predicted molar refractivity (Wildman–Crippen MR) is 119 cm³/mol. The molecule has 0 spiro atoms. The summed E-state index contributed by atoms with van der Waals surface area (Å²) in [5, 5.41) is 0. The molecule has 0 amide bonds. The molecule has 0 bridgehead atoms. The number of benzene rings is 3. The Morgan fingerprint density at radius 2 is 1.28 bits per heavy atom. The molecule has 1 heterocycles. The Balaban J connectivity index is 1.85. The minimum atomic E-state index is -3.13. The summed E-state index contributed by atoms with van der Waals surface area (Å²) in [4.78, 5) is 0. The lowest BCUT2D eigenvalue weighted by Crippen LogP contribution is -2.39. The highest BCUT2D eigenvalue weighted by molar-refractivity contribution is 7.56. The van der Waals surface area contributed by atoms with Crippen molar-refractivity contribution in [2.24, 2.45) is 0 Å². The molecule has 4 heteroatoms. The minimum absolute atomic E-state index is 0.117. The van der Waals surface area contributed by atoms with Crippen LogP contribution in [0.5, 0.6) is 0 Å². The molecular formula is C25H28NO2P. The van der Waals surface area contributed by atoms with E-state index in [9.17, 15) is 4.57 Å². The van der Waals surface area contributed by atoms with Crippen molar-refractivity contribution >= 4 is 7.52 Å². The van der Waals surface area contributed by atoms with Crippen LogP contribution in [0.25, 0.3) is 0 Å². The van der Waals surface area contributed by atoms with Crippen LogP contribution in [-0.2, 0) is 15.3 Å². The van der Waals surface area contributed by atoms with E-state index in [0.717, 1.165) is 16.7 Å². The van der Waals surface area contributed by atoms with Crippen molar-refractivity contribution in [1.29, 1.82) is 0 Å². The van der Waals surface area contributed by atoms with Gasteiger partial charge in [0.2, 0.25) is 0 Å². The van der Waals surface area contributed by atoms with Gasteiger partial charge in [0.25, 0.3) is 7.52 Å². The Morgan fingerprint density at radius 1 is 0.793 bits per heavy atom. The van der Waals surface area contributed by atoms with E-state index in [1.165, 1.54) is 0 Å². The summed E-state index contributed by atoms with van der Waals surface area (Å²) in [7, 11) is -3.13. The third-order valence-electron chi connectivity index (χ3n) is 5.34. The first-order chi connectivity index (χ1) is 13.9. The van der Waals surface area contributed by atoms with Crippen LogP contribution in [0.2, 0.25) is 0 Å². The van der Waals surface area contributed by atoms with Gasteiger partial charge in [0.05, 0.1) is 12.2 Å². The van der Waals surface area contributed by atoms with Gasteiger partial charge in [0.1, 0.15) is 6.10 Å². The molecule has 0 aliphatic carbocycles. The van der Waals surface area contributed by atoms with Crippen molar-refractivity contribution in [3.8, 4) is 0 Å². The molecule has 3 aromatic carbocycles. The average molecular weight is 405 g/mol. The fourth-order valence-electron chi connectivity index (χ4n) is 4.26. The molecule has 3 nitrogen and oxygen atoms in total. The maximum absolute atomic E-state index is 14.4. The normalized spacial score (nSPS) is 25.2. The molecule has 1 aliphatic heterocycles. The van der Waals surface area contributed by atoms with Crippen LogP contribution in [-0.4, -0.2) is 10.2 Å². The Kier molecular flexibility index (Phi) is 5.48. The molecule has 3 aromatic rings. The van der Waals surface area contributed by atoms with E-state index in [1.807, 2.05) is 66.7 Å². The van der Waals surface area contributed by atoms with E-state index in [0.29, 0.717) is 6.16 Å². The molecule has 4 rings (SSSR count). The molecule has 0 radical (unpaired) electrons. The van der Waals surface area contributed by atoms with E-state index in [-0.39, 0.29) is 17.7 Å². The molecule has 1 saturated heterocycles. The standard InChI is InChI=1S/C25H28NO2P/c1-25(2,3)26-23(21-15-9-5-10-16-21)24(22-17-11-6-12-18-22)28-29(26,27)19-20-13-7-4-8-14-20/h4-18,23-24H,19H2,1-3H3/t23-,24+,29?/m0/s1. The van der Waals surface area contributed by atoms with Crippen molar-refractivity contribution in [3.63, 3.8) is 0 Å². The van der Waals surface area contributed by atoms with Crippen LogP contribution in [0.3, 0.4) is 0 Å². The molecule has 1 aliphatic rings. The van der Waals surface area contributed by atoms with Crippen molar-refractivity contribution in [3.05, 3.63) is 108 Å². The average Bonchev–Trinajstić information content (AvgIpc) is 3.03. The van der Waals surface area contributed by atoms with E-state index >= 15 is 0 Å². The summed E-state index contributed by atoms with van der Waals surface area (Å²) in [5.74, 6) is 0. The summed E-state index contributed by atoms with van der Waals surface area (Å²) in [6.07, 6.45) is 0.116. The smallest absolute Gasteiger partial charge is 0.278 e. The van der Waals surface area contributed by atoms with Gasteiger partial charge in [-0.3, -0.25) is 4.57 Å². The van der Waals surface area contributed by atoms with Crippen LogP contribution < -0.4 is 0 Å². The summed E-state index contributed by atoms with van der Waals surface area (Å²) < 4.78 is 23.1. The van der Waals surface area contributed by atoms with E-state index in [1.54, 1.807) is 0 Å². The molecular weight excluding hydrogens is 377 g/mol. The highest BCUT2D eigenvalue weighted by atomic mass is 31.2. The molecule has 1 fully saturated rings. The first kappa shape index (κ1) is 20.1. The summed E-state index contributed by atoms with van der Waals surface area (Å²) >= 11 is 0. The number of nitrogens with zero attached hydrogens (tertiary/aromatic N) is 1. The van der Waals surface area contributed by atoms with Gasteiger partial charge in [-0.05, 0) is 37.5 Å². The molecule has 0 N–H and O–H groups in total. The monoisotopic (exact) mass is 405 g/mol. The van der Waals surface area contributed by atoms with Gasteiger partial charge in [-0.2, -0.15) is 0 Å². The number of rotatable bonds is 4. The second-order valence-corrected chi connectivity index (χ2v) is 10.8. The third-order valence-corrected chi connectivity index (χ3v) is 8.17. The molecule has 29 heavy (non-hydrogen) atoms. The van der Waals surface area contributed by atoms with Crippen LogP contribution in [0.15, 0.2) is 91.0 Å². The third kappa shape index (κ3) is 4.09. The lowest BCUT2D eigenvalue weighted by molar-refractivity contribution is 0.155. The topological polar surface area (TPSA) is 29.5 Å². The van der Waals surface area contributed by atoms with E-state index in [4.69, 9.17) is 4.52 Å². The Hall–Kier alpha value is -2.19. The zero-order valence-electron chi connectivity index (χ0n) is 17.2. The Labute approximate surface area is 173 Å². The van der Waals surface area contributed by atoms with Crippen LogP contribution >= 0.6 is 7.52 Å². The quantitative estimate of drug-likeness (QED) is 0.438. The summed E-state index contributed by atoms with van der Waals surface area (Å²) in [6, 6.07) is 30.4. The lowest BCUT2D eigenvalue weighted by Gasteiger charge is -2.39. The van der Waals surface area contributed by atoms with Gasteiger partial charge in [-0.25, -0.2) is 4.67 Å². The highest BCUT2D eigenvalue weighted by Crippen LogP contribution is 2.71. The molecule has 0 aromatic heterocycles. The fraction of sp³-hybridized carbons (Fsp3) is 0.280. The lowest BCUT2D eigenvalue weighted by atomic mass is 9.93. The Morgan fingerprint density at radius 3 is 1.79 bits per heavy atom. The van der Waals surface area contributed by atoms with E-state index in [2.05, 4.69) is 49.7 Å². The van der Waals surface area contributed by atoms with Gasteiger partial charge in [-0.15, -0.1) is 0 Å². The van der Waals surface area contributed by atoms with Gasteiger partial charge >= 0.3 is 0 Å². The SMILES string of the molecule is CC(C)(C)N1[C@@H](c2ccccc2)[C@@H](c2ccccc2)OP1(=O)Cc1ccccc1. The minimum Gasteiger partial charge on any atom is -0.307 e. The first-order valence-corrected chi connectivity index (χ1v) is 11.9. The van der Waals surface area contributed by atoms with Crippen molar-refractivity contribution < 1.29 is 9.09 Å². The second kappa shape index (κ2) is 7.91. The van der Waals surface area contributed by atoms with Crippen molar-refractivity contribution in [2.75, 3.05) is 0 Å². The van der Waals surface area contributed by atoms with Gasteiger partial charge in [-0.1, -0.05) is 91.0 Å². The summed E-state index contributed by atoms with van der Waals surface area (Å²) in [6.45, 7) is 6.37. The van der Waals surface area contributed by atoms with Gasteiger partial charge in [0.15, 0.2) is 0 Å². The number of hydrogen-bond acceptors (Lipinski definition) is 2. The molecule has 3 atom stereocenters. The van der Waals surface area contributed by atoms with E-state index < -0.39 is 7.52 Å². The fourth-order valence-corrected chi connectivity index (χ4v) is 7.40. The molecule has 0 saturated carbocycles. The molecule has 1 unspecified atom stereocenters. The van der Waals surface area contributed by atoms with Gasteiger partial charge < -0.3 is 4.52 Å². The Bertz CT molecular complexity index is 984.